The minimum atomic E-state index is -0.398. The number of nitrogens with one attached hydrogen (secondary N) is 1. The van der Waals surface area contributed by atoms with E-state index in [1.807, 2.05) is 47.0 Å². The van der Waals surface area contributed by atoms with E-state index in [1.165, 1.54) is 15.9 Å². The molecule has 4 aromatic heterocycles. The lowest BCUT2D eigenvalue weighted by atomic mass is 10.1. The fraction of sp³-hybridized carbons (Fsp3) is 0.130. The van der Waals surface area contributed by atoms with Crippen molar-refractivity contribution < 1.29 is 4.79 Å². The number of fused-ring (bicyclic) bond motifs is 2. The van der Waals surface area contributed by atoms with Crippen LogP contribution in [-0.2, 0) is 0 Å². The van der Waals surface area contributed by atoms with Gasteiger partial charge in [0.1, 0.15) is 11.3 Å². The molecule has 1 atom stereocenters. The van der Waals surface area contributed by atoms with E-state index in [2.05, 4.69) is 27.2 Å². The molecular weight excluding hydrogens is 422 g/mol. The van der Waals surface area contributed by atoms with Gasteiger partial charge in [0.25, 0.3) is 5.91 Å². The van der Waals surface area contributed by atoms with Gasteiger partial charge in [0.05, 0.1) is 17.4 Å². The Bertz CT molecular complexity index is 1520. The van der Waals surface area contributed by atoms with Crippen LogP contribution in [0.4, 0.5) is 5.82 Å². The molecule has 0 aliphatic carbocycles. The summed E-state index contributed by atoms with van der Waals surface area (Å²) in [7, 11) is 0. The number of hydrogen-bond acceptors (Lipinski definition) is 6. The average Bonchev–Trinajstić information content (AvgIpc) is 3.46. The van der Waals surface area contributed by atoms with Crippen molar-refractivity contribution in [2.24, 2.45) is 0 Å². The van der Waals surface area contributed by atoms with Crippen LogP contribution in [0.1, 0.15) is 41.6 Å². The fourth-order valence-corrected chi connectivity index (χ4v) is 4.55. The van der Waals surface area contributed by atoms with Gasteiger partial charge in [-0.3, -0.25) is 9.20 Å². The number of imidazole rings is 1. The highest BCUT2D eigenvalue weighted by Gasteiger charge is 2.26. The number of nitrogens with zero attached hydrogens (tertiary/aromatic N) is 5. The molecule has 1 aromatic carbocycles. The molecule has 4 heterocycles. The molecule has 1 unspecified atom stereocenters. The molecule has 5 rings (SSSR count). The first kappa shape index (κ1) is 19.8. The van der Waals surface area contributed by atoms with Crippen LogP contribution in [0.2, 0.25) is 0 Å². The zero-order chi connectivity index (χ0) is 22.2. The van der Waals surface area contributed by atoms with Crippen LogP contribution in [0, 0.1) is 11.8 Å². The predicted molar refractivity (Wildman–Crippen MR) is 124 cm³/mol. The Morgan fingerprint density at radius 1 is 1.25 bits per heavy atom. The molecule has 0 saturated carbocycles. The molecule has 5 aromatic rings. The maximum Gasteiger partial charge on any atom is 0.259 e. The minimum absolute atomic E-state index is 0.128. The second-order valence-corrected chi connectivity index (χ2v) is 8.01. The number of thiazole rings is 1. The van der Waals surface area contributed by atoms with Gasteiger partial charge in [-0.15, -0.1) is 16.4 Å². The van der Waals surface area contributed by atoms with Gasteiger partial charge in [-0.2, -0.15) is 0 Å². The summed E-state index contributed by atoms with van der Waals surface area (Å²) in [5.74, 6) is 5.88. The van der Waals surface area contributed by atoms with Crippen molar-refractivity contribution in [3.05, 3.63) is 71.1 Å². The normalized spacial score (nSPS) is 11.9. The highest BCUT2D eigenvalue weighted by molar-refractivity contribution is 7.15. The maximum atomic E-state index is 13.2. The number of hydrogen-bond donors (Lipinski definition) is 2. The van der Waals surface area contributed by atoms with Crippen molar-refractivity contribution in [2.75, 3.05) is 5.73 Å². The summed E-state index contributed by atoms with van der Waals surface area (Å²) in [5, 5.41) is 9.19. The summed E-state index contributed by atoms with van der Waals surface area (Å²) in [5.41, 5.74) is 10.2. The molecule has 0 fully saturated rings. The van der Waals surface area contributed by atoms with Crippen molar-refractivity contribution in [1.29, 1.82) is 0 Å². The molecule has 0 aliphatic rings. The third-order valence-corrected chi connectivity index (χ3v) is 5.92. The Hall–Kier alpha value is -4.16. The lowest BCUT2D eigenvalue weighted by Crippen LogP contribution is -2.28. The highest BCUT2D eigenvalue weighted by Crippen LogP contribution is 2.33. The Kier molecular flexibility index (Phi) is 4.84. The molecule has 158 valence electrons. The summed E-state index contributed by atoms with van der Waals surface area (Å²) >= 11 is 1.52. The Labute approximate surface area is 187 Å². The number of aromatic nitrogens is 5. The summed E-state index contributed by atoms with van der Waals surface area (Å²) < 4.78 is 3.53. The van der Waals surface area contributed by atoms with Crippen molar-refractivity contribution in [2.45, 2.75) is 19.9 Å². The summed E-state index contributed by atoms with van der Waals surface area (Å²) in [4.78, 5) is 23.1. The molecule has 0 saturated heterocycles. The number of nitrogen functional groups attached to an aromatic ring is 1. The van der Waals surface area contributed by atoms with Gasteiger partial charge < -0.3 is 11.1 Å². The predicted octanol–water partition coefficient (Wildman–Crippen LogP) is 3.55. The van der Waals surface area contributed by atoms with Crippen LogP contribution >= 0.6 is 11.3 Å². The zero-order valence-electron chi connectivity index (χ0n) is 17.4. The Morgan fingerprint density at radius 3 is 2.84 bits per heavy atom. The molecule has 3 N–H and O–H groups in total. The van der Waals surface area contributed by atoms with Crippen LogP contribution in [0.15, 0.2) is 54.2 Å². The summed E-state index contributed by atoms with van der Waals surface area (Å²) in [6.07, 6.45) is 3.30. The standard InChI is InChI=1S/C23H19N7OS/c1-3-8-16-13-32-23-27-18(19(30(16)23)15-9-5-4-6-10-15)14(2)26-22(31)17-20(24)28-29-12-7-11-25-21(17)29/h4-7,9-14H,1-2H3,(H2,24,28)(H,26,31). The number of nitrogens with two attached hydrogens (primary N) is 1. The van der Waals surface area contributed by atoms with Crippen LogP contribution in [0.5, 0.6) is 0 Å². The monoisotopic (exact) mass is 441 g/mol. The number of rotatable bonds is 4. The van der Waals surface area contributed by atoms with E-state index >= 15 is 0 Å². The fourth-order valence-electron chi connectivity index (χ4n) is 3.73. The molecule has 9 heteroatoms. The second-order valence-electron chi connectivity index (χ2n) is 7.17. The molecule has 0 radical (unpaired) electrons. The third-order valence-electron chi connectivity index (χ3n) is 5.10. The third kappa shape index (κ3) is 3.18. The van der Waals surface area contributed by atoms with Gasteiger partial charge in [-0.05, 0) is 25.8 Å². The van der Waals surface area contributed by atoms with E-state index in [-0.39, 0.29) is 17.3 Å². The molecule has 8 nitrogen and oxygen atoms in total. The lowest BCUT2D eigenvalue weighted by molar-refractivity contribution is 0.0941. The van der Waals surface area contributed by atoms with Gasteiger partial charge in [0.2, 0.25) is 0 Å². The second kappa shape index (κ2) is 7.83. The van der Waals surface area contributed by atoms with Gasteiger partial charge in [0.15, 0.2) is 16.4 Å². The van der Waals surface area contributed by atoms with Gasteiger partial charge in [0, 0.05) is 23.3 Å². The average molecular weight is 442 g/mol. The Morgan fingerprint density at radius 2 is 2.06 bits per heavy atom. The Balaban J connectivity index is 1.59. The van der Waals surface area contributed by atoms with Crippen LogP contribution in [0.25, 0.3) is 21.9 Å². The molecule has 1 amide bonds. The quantitative estimate of drug-likeness (QED) is 0.415. The zero-order valence-corrected chi connectivity index (χ0v) is 18.2. The summed E-state index contributed by atoms with van der Waals surface area (Å²) in [6, 6.07) is 11.3. The van der Waals surface area contributed by atoms with E-state index < -0.39 is 6.04 Å². The smallest absolute Gasteiger partial charge is 0.259 e. The highest BCUT2D eigenvalue weighted by atomic mass is 32.1. The minimum Gasteiger partial charge on any atom is -0.381 e. The van der Waals surface area contributed by atoms with Crippen molar-refractivity contribution in [3.8, 4) is 23.1 Å². The van der Waals surface area contributed by atoms with E-state index in [9.17, 15) is 4.79 Å². The molecule has 0 aliphatic heterocycles. The number of carbonyl (C=O) groups excluding carboxylic acids is 1. The number of benzene rings is 1. The molecular formula is C23H19N7OS. The molecule has 0 bridgehead atoms. The van der Waals surface area contributed by atoms with Crippen LogP contribution in [0.3, 0.4) is 0 Å². The first-order valence-corrected chi connectivity index (χ1v) is 10.8. The lowest BCUT2D eigenvalue weighted by Gasteiger charge is -2.14. The van der Waals surface area contributed by atoms with E-state index in [0.717, 1.165) is 27.6 Å². The van der Waals surface area contributed by atoms with Gasteiger partial charge in [-0.1, -0.05) is 36.3 Å². The van der Waals surface area contributed by atoms with Crippen molar-refractivity contribution in [1.82, 2.24) is 29.3 Å². The molecule has 0 spiro atoms. The van der Waals surface area contributed by atoms with Gasteiger partial charge in [-0.25, -0.2) is 14.5 Å². The van der Waals surface area contributed by atoms with Gasteiger partial charge >= 0.3 is 0 Å². The number of amides is 1. The van der Waals surface area contributed by atoms with Crippen LogP contribution in [-0.4, -0.2) is 29.9 Å². The SMILES string of the molecule is CC#Cc1csc2nc(C(C)NC(=O)c3c(N)nn4cccnc34)c(-c3ccccc3)n12. The van der Waals surface area contributed by atoms with Crippen molar-refractivity contribution in [3.63, 3.8) is 0 Å². The van der Waals surface area contributed by atoms with E-state index in [0.29, 0.717) is 5.65 Å². The first-order chi connectivity index (χ1) is 15.6. The van der Waals surface area contributed by atoms with Crippen molar-refractivity contribution >= 4 is 33.7 Å². The van der Waals surface area contributed by atoms with E-state index in [1.54, 1.807) is 25.4 Å². The number of carbonyl (C=O) groups is 1. The maximum absolute atomic E-state index is 13.2. The van der Waals surface area contributed by atoms with Crippen LogP contribution < -0.4 is 11.1 Å². The largest absolute Gasteiger partial charge is 0.381 e. The van der Waals surface area contributed by atoms with E-state index in [4.69, 9.17) is 10.7 Å². The number of anilines is 1. The first-order valence-electron chi connectivity index (χ1n) is 9.96. The topological polar surface area (TPSA) is 103 Å². The summed E-state index contributed by atoms with van der Waals surface area (Å²) in [6.45, 7) is 3.71. The molecule has 32 heavy (non-hydrogen) atoms.